The molecule has 0 atom stereocenters. The molecular weight excluding hydrogens is 278 g/mol. The second kappa shape index (κ2) is 5.27. The van der Waals surface area contributed by atoms with Gasteiger partial charge in [0.1, 0.15) is 0 Å². The third kappa shape index (κ3) is 3.03. The Balaban J connectivity index is 2.16. The number of nitrogens with zero attached hydrogens (tertiary/aromatic N) is 1. The highest BCUT2D eigenvalue weighted by Crippen LogP contribution is 2.28. The van der Waals surface area contributed by atoms with Crippen molar-refractivity contribution in [2.75, 3.05) is 24.3 Å². The van der Waals surface area contributed by atoms with Crippen LogP contribution in [0.1, 0.15) is 5.56 Å². The van der Waals surface area contributed by atoms with E-state index in [0.29, 0.717) is 0 Å². The molecule has 0 saturated heterocycles. The number of hydrogen-bond acceptors (Lipinski definition) is 2. The third-order valence-electron chi connectivity index (χ3n) is 2.59. The van der Waals surface area contributed by atoms with E-state index in [2.05, 4.69) is 55.4 Å². The molecule has 1 aromatic carbocycles. The van der Waals surface area contributed by atoms with Crippen molar-refractivity contribution in [1.82, 2.24) is 4.98 Å². The van der Waals surface area contributed by atoms with Crippen molar-refractivity contribution < 1.29 is 0 Å². The molecule has 2 aromatic rings. The number of benzene rings is 1. The summed E-state index contributed by atoms with van der Waals surface area (Å²) < 4.78 is 1.08. The summed E-state index contributed by atoms with van der Waals surface area (Å²) in [5.41, 5.74) is 3.56. The van der Waals surface area contributed by atoms with E-state index in [1.165, 1.54) is 11.3 Å². The Bertz CT molecular complexity index is 477. The average molecular weight is 294 g/mol. The number of nitrogens with one attached hydrogen (secondary N) is 2. The molecule has 0 amide bonds. The predicted molar refractivity (Wildman–Crippen MR) is 76.6 cm³/mol. The predicted octanol–water partition coefficient (Wildman–Crippen LogP) is 3.46. The van der Waals surface area contributed by atoms with Crippen molar-refractivity contribution >= 4 is 27.3 Å². The summed E-state index contributed by atoms with van der Waals surface area (Å²) in [5, 5.41) is 3.45. The third-order valence-corrected chi connectivity index (χ3v) is 3.08. The summed E-state index contributed by atoms with van der Waals surface area (Å²) in [6.07, 6.45) is 3.94. The molecule has 1 aromatic heterocycles. The van der Waals surface area contributed by atoms with E-state index in [1.807, 2.05) is 26.5 Å². The second-order valence-electron chi connectivity index (χ2n) is 4.13. The fourth-order valence-electron chi connectivity index (χ4n) is 1.71. The lowest BCUT2D eigenvalue weighted by Crippen LogP contribution is -2.12. The Labute approximate surface area is 110 Å². The van der Waals surface area contributed by atoms with Gasteiger partial charge in [-0.1, -0.05) is 15.9 Å². The van der Waals surface area contributed by atoms with Gasteiger partial charge in [-0.05, 0) is 29.8 Å². The van der Waals surface area contributed by atoms with Crippen LogP contribution in [0.2, 0.25) is 0 Å². The van der Waals surface area contributed by atoms with Crippen LogP contribution in [0, 0.1) is 0 Å². The summed E-state index contributed by atoms with van der Waals surface area (Å²) in [7, 11) is 4.09. The number of anilines is 2. The molecule has 0 spiro atoms. The van der Waals surface area contributed by atoms with Gasteiger partial charge in [0, 0.05) is 37.5 Å². The van der Waals surface area contributed by atoms with Crippen LogP contribution in [0.15, 0.2) is 41.1 Å². The minimum absolute atomic E-state index is 0.820. The second-order valence-corrected chi connectivity index (χ2v) is 5.04. The number of halogens is 1. The summed E-state index contributed by atoms with van der Waals surface area (Å²) >= 11 is 3.50. The van der Waals surface area contributed by atoms with Crippen LogP contribution < -0.4 is 10.2 Å². The van der Waals surface area contributed by atoms with E-state index in [4.69, 9.17) is 0 Å². The quantitative estimate of drug-likeness (QED) is 0.905. The fourth-order valence-corrected chi connectivity index (χ4v) is 2.07. The van der Waals surface area contributed by atoms with Gasteiger partial charge >= 0.3 is 0 Å². The largest absolute Gasteiger partial charge is 0.379 e. The maximum Gasteiger partial charge on any atom is 0.0597 e. The molecule has 0 radical (unpaired) electrons. The monoisotopic (exact) mass is 293 g/mol. The van der Waals surface area contributed by atoms with Crippen LogP contribution in [0.4, 0.5) is 11.4 Å². The van der Waals surface area contributed by atoms with E-state index in [1.54, 1.807) is 0 Å². The van der Waals surface area contributed by atoms with Gasteiger partial charge in [0.25, 0.3) is 0 Å². The first-order chi connectivity index (χ1) is 8.16. The topological polar surface area (TPSA) is 31.1 Å². The standard InChI is InChI=1S/C13H16BrN3/c1-17(2)13-4-3-11(14)7-12(13)16-9-10-5-6-15-8-10/h3-8,15-16H,9H2,1-2H3. The number of H-pyrrole nitrogens is 1. The van der Waals surface area contributed by atoms with E-state index in [0.717, 1.165) is 16.7 Å². The highest BCUT2D eigenvalue weighted by molar-refractivity contribution is 9.10. The molecule has 0 fully saturated rings. The van der Waals surface area contributed by atoms with Crippen molar-refractivity contribution in [3.63, 3.8) is 0 Å². The summed E-state index contributed by atoms with van der Waals surface area (Å²) in [4.78, 5) is 5.16. The van der Waals surface area contributed by atoms with E-state index >= 15 is 0 Å². The summed E-state index contributed by atoms with van der Waals surface area (Å²) in [6, 6.07) is 8.32. The molecule has 0 unspecified atom stereocenters. The van der Waals surface area contributed by atoms with Crippen molar-refractivity contribution in [1.29, 1.82) is 0 Å². The van der Waals surface area contributed by atoms with Crippen molar-refractivity contribution in [2.45, 2.75) is 6.54 Å². The van der Waals surface area contributed by atoms with Crippen LogP contribution >= 0.6 is 15.9 Å². The SMILES string of the molecule is CN(C)c1ccc(Br)cc1NCc1cc[nH]c1. The zero-order valence-electron chi connectivity index (χ0n) is 10.00. The summed E-state index contributed by atoms with van der Waals surface area (Å²) in [5.74, 6) is 0. The van der Waals surface area contributed by atoms with Crippen LogP contribution in [-0.2, 0) is 6.54 Å². The number of aromatic nitrogens is 1. The van der Waals surface area contributed by atoms with Crippen LogP contribution in [0.3, 0.4) is 0 Å². The van der Waals surface area contributed by atoms with Crippen molar-refractivity contribution in [2.24, 2.45) is 0 Å². The molecule has 0 aliphatic heterocycles. The molecule has 17 heavy (non-hydrogen) atoms. The van der Waals surface area contributed by atoms with E-state index in [-0.39, 0.29) is 0 Å². The maximum absolute atomic E-state index is 3.50. The smallest absolute Gasteiger partial charge is 0.0597 e. The highest BCUT2D eigenvalue weighted by Gasteiger charge is 2.05. The minimum atomic E-state index is 0.820. The molecule has 3 nitrogen and oxygen atoms in total. The van der Waals surface area contributed by atoms with Crippen LogP contribution in [-0.4, -0.2) is 19.1 Å². The number of hydrogen-bond donors (Lipinski definition) is 2. The first-order valence-corrected chi connectivity index (χ1v) is 6.28. The normalized spacial score (nSPS) is 10.3. The zero-order chi connectivity index (χ0) is 12.3. The van der Waals surface area contributed by atoms with Gasteiger partial charge in [0.2, 0.25) is 0 Å². The molecule has 0 aliphatic carbocycles. The summed E-state index contributed by atoms with van der Waals surface area (Å²) in [6.45, 7) is 0.820. The average Bonchev–Trinajstić information content (AvgIpc) is 2.78. The Morgan fingerprint density at radius 3 is 2.76 bits per heavy atom. The van der Waals surface area contributed by atoms with Gasteiger partial charge in [0.05, 0.1) is 11.4 Å². The van der Waals surface area contributed by atoms with Gasteiger partial charge in [-0.25, -0.2) is 0 Å². The Morgan fingerprint density at radius 1 is 1.29 bits per heavy atom. The van der Waals surface area contributed by atoms with Gasteiger partial charge in [-0.2, -0.15) is 0 Å². The minimum Gasteiger partial charge on any atom is -0.379 e. The molecule has 2 N–H and O–H groups in total. The van der Waals surface area contributed by atoms with E-state index < -0.39 is 0 Å². The first-order valence-electron chi connectivity index (χ1n) is 5.49. The zero-order valence-corrected chi connectivity index (χ0v) is 11.6. The molecule has 0 saturated carbocycles. The lowest BCUT2D eigenvalue weighted by molar-refractivity contribution is 1.10. The highest BCUT2D eigenvalue weighted by atomic mass is 79.9. The number of aromatic amines is 1. The fraction of sp³-hybridized carbons (Fsp3) is 0.231. The number of rotatable bonds is 4. The van der Waals surface area contributed by atoms with Gasteiger partial charge in [0.15, 0.2) is 0 Å². The molecular formula is C13H16BrN3. The maximum atomic E-state index is 3.50. The molecule has 4 heteroatoms. The van der Waals surface area contributed by atoms with Gasteiger partial charge in [-0.3, -0.25) is 0 Å². The van der Waals surface area contributed by atoms with Gasteiger partial charge in [-0.15, -0.1) is 0 Å². The Morgan fingerprint density at radius 2 is 2.12 bits per heavy atom. The lowest BCUT2D eigenvalue weighted by atomic mass is 10.2. The molecule has 0 aliphatic rings. The Hall–Kier alpha value is -1.42. The molecule has 1 heterocycles. The molecule has 0 bridgehead atoms. The lowest BCUT2D eigenvalue weighted by Gasteiger charge is -2.18. The van der Waals surface area contributed by atoms with Crippen molar-refractivity contribution in [3.05, 3.63) is 46.7 Å². The molecule has 2 rings (SSSR count). The molecule has 90 valence electrons. The van der Waals surface area contributed by atoms with E-state index in [9.17, 15) is 0 Å². The first kappa shape index (κ1) is 12.0. The van der Waals surface area contributed by atoms with Crippen molar-refractivity contribution in [3.8, 4) is 0 Å². The van der Waals surface area contributed by atoms with Crippen LogP contribution in [0.25, 0.3) is 0 Å². The van der Waals surface area contributed by atoms with Crippen LogP contribution in [0.5, 0.6) is 0 Å². The Kier molecular flexibility index (Phi) is 3.74. The van der Waals surface area contributed by atoms with Gasteiger partial charge < -0.3 is 15.2 Å².